The number of benzene rings is 2. The van der Waals surface area contributed by atoms with Crippen molar-refractivity contribution in [3.8, 4) is 11.5 Å². The van der Waals surface area contributed by atoms with E-state index in [1.165, 1.54) is 5.39 Å². The Bertz CT molecular complexity index is 848. The van der Waals surface area contributed by atoms with Gasteiger partial charge in [0.1, 0.15) is 0 Å². The van der Waals surface area contributed by atoms with E-state index in [2.05, 4.69) is 36.2 Å². The molecule has 1 aromatic heterocycles. The van der Waals surface area contributed by atoms with Crippen LogP contribution in [-0.4, -0.2) is 23.7 Å². The molecule has 0 bridgehead atoms. The Labute approximate surface area is 135 Å². The van der Waals surface area contributed by atoms with Crippen LogP contribution in [0.4, 0.5) is 0 Å². The summed E-state index contributed by atoms with van der Waals surface area (Å²) in [5.41, 5.74) is 3.25. The molecule has 0 aliphatic carbocycles. The first-order chi connectivity index (χ1) is 11.3. The van der Waals surface area contributed by atoms with E-state index in [-0.39, 0.29) is 0 Å². The van der Waals surface area contributed by atoms with E-state index in [0.29, 0.717) is 6.79 Å². The van der Waals surface area contributed by atoms with Crippen molar-refractivity contribution in [1.82, 2.24) is 9.88 Å². The monoisotopic (exact) mass is 306 g/mol. The highest BCUT2D eigenvalue weighted by Crippen LogP contribution is 2.35. The highest BCUT2D eigenvalue weighted by atomic mass is 16.7. The molecule has 3 aromatic rings. The van der Waals surface area contributed by atoms with Crippen LogP contribution in [0.15, 0.2) is 54.6 Å². The number of hydrogen-bond acceptors (Lipinski definition) is 4. The van der Waals surface area contributed by atoms with Crippen molar-refractivity contribution in [2.24, 2.45) is 0 Å². The predicted octanol–water partition coefficient (Wildman–Crippen LogP) is 3.60. The van der Waals surface area contributed by atoms with E-state index in [4.69, 9.17) is 14.5 Å². The van der Waals surface area contributed by atoms with Crippen LogP contribution in [0.5, 0.6) is 11.5 Å². The molecule has 0 saturated carbocycles. The molecule has 0 amide bonds. The standard InChI is InChI=1S/C19H18N2O2/c1-21(11-15-6-4-8-18-19(15)23-13-22-18)12-16-10-9-14-5-2-3-7-17(14)20-16/h2-10H,11-13H2,1H3. The second-order valence-corrected chi connectivity index (χ2v) is 5.82. The maximum Gasteiger partial charge on any atom is 0.231 e. The third-order valence-corrected chi connectivity index (χ3v) is 4.01. The highest BCUT2D eigenvalue weighted by molar-refractivity contribution is 5.78. The summed E-state index contributed by atoms with van der Waals surface area (Å²) in [4.78, 5) is 6.96. The van der Waals surface area contributed by atoms with Crippen molar-refractivity contribution in [1.29, 1.82) is 0 Å². The van der Waals surface area contributed by atoms with Crippen LogP contribution >= 0.6 is 0 Å². The number of para-hydroxylation sites is 2. The molecule has 4 nitrogen and oxygen atoms in total. The smallest absolute Gasteiger partial charge is 0.231 e. The van der Waals surface area contributed by atoms with Gasteiger partial charge in [0.05, 0.1) is 11.2 Å². The molecule has 0 saturated heterocycles. The quantitative estimate of drug-likeness (QED) is 0.738. The number of rotatable bonds is 4. The lowest BCUT2D eigenvalue weighted by Crippen LogP contribution is -2.18. The summed E-state index contributed by atoms with van der Waals surface area (Å²) in [6.07, 6.45) is 0. The van der Waals surface area contributed by atoms with Gasteiger partial charge >= 0.3 is 0 Å². The fourth-order valence-corrected chi connectivity index (χ4v) is 2.93. The molecule has 4 rings (SSSR count). The van der Waals surface area contributed by atoms with Crippen molar-refractivity contribution in [3.05, 3.63) is 65.9 Å². The van der Waals surface area contributed by atoms with Crippen molar-refractivity contribution < 1.29 is 9.47 Å². The molecule has 0 atom stereocenters. The van der Waals surface area contributed by atoms with Gasteiger partial charge in [0, 0.05) is 24.0 Å². The number of aromatic nitrogens is 1. The molecular formula is C19H18N2O2. The Morgan fingerprint density at radius 3 is 2.83 bits per heavy atom. The first-order valence-electron chi connectivity index (χ1n) is 7.70. The fourth-order valence-electron chi connectivity index (χ4n) is 2.93. The fraction of sp³-hybridized carbons (Fsp3) is 0.211. The van der Waals surface area contributed by atoms with Gasteiger partial charge in [0.2, 0.25) is 6.79 Å². The van der Waals surface area contributed by atoms with E-state index in [9.17, 15) is 0 Å². The first-order valence-corrected chi connectivity index (χ1v) is 7.70. The number of hydrogen-bond donors (Lipinski definition) is 0. The third-order valence-electron chi connectivity index (χ3n) is 4.01. The van der Waals surface area contributed by atoms with Crippen molar-refractivity contribution in [2.45, 2.75) is 13.1 Å². The minimum absolute atomic E-state index is 0.308. The summed E-state index contributed by atoms with van der Waals surface area (Å²) in [5.74, 6) is 1.70. The van der Waals surface area contributed by atoms with Crippen LogP contribution in [-0.2, 0) is 13.1 Å². The summed E-state index contributed by atoms with van der Waals surface area (Å²) in [7, 11) is 2.09. The zero-order valence-electron chi connectivity index (χ0n) is 13.0. The average molecular weight is 306 g/mol. The van der Waals surface area contributed by atoms with E-state index in [1.807, 2.05) is 30.3 Å². The Hall–Kier alpha value is -2.59. The minimum atomic E-state index is 0.308. The van der Waals surface area contributed by atoms with Crippen molar-refractivity contribution in [2.75, 3.05) is 13.8 Å². The van der Waals surface area contributed by atoms with Crippen LogP contribution in [0, 0.1) is 0 Å². The summed E-state index contributed by atoms with van der Waals surface area (Å²) in [5, 5.41) is 1.17. The Morgan fingerprint density at radius 2 is 1.87 bits per heavy atom. The van der Waals surface area contributed by atoms with Gasteiger partial charge in [0.15, 0.2) is 11.5 Å². The molecule has 1 aliphatic rings. The van der Waals surface area contributed by atoms with E-state index < -0.39 is 0 Å². The van der Waals surface area contributed by atoms with Crippen LogP contribution in [0.2, 0.25) is 0 Å². The lowest BCUT2D eigenvalue weighted by molar-refractivity contribution is 0.172. The predicted molar refractivity (Wildman–Crippen MR) is 89.5 cm³/mol. The first kappa shape index (κ1) is 14.0. The molecule has 0 fully saturated rings. The summed E-state index contributed by atoms with van der Waals surface area (Å²) in [6.45, 7) is 1.89. The molecule has 0 N–H and O–H groups in total. The zero-order valence-corrected chi connectivity index (χ0v) is 13.0. The van der Waals surface area contributed by atoms with Gasteiger partial charge in [-0.05, 0) is 25.2 Å². The Morgan fingerprint density at radius 1 is 0.957 bits per heavy atom. The van der Waals surface area contributed by atoms with Crippen molar-refractivity contribution in [3.63, 3.8) is 0 Å². The second-order valence-electron chi connectivity index (χ2n) is 5.82. The largest absolute Gasteiger partial charge is 0.454 e. The number of nitrogens with zero attached hydrogens (tertiary/aromatic N) is 2. The second kappa shape index (κ2) is 5.89. The number of fused-ring (bicyclic) bond motifs is 2. The number of ether oxygens (including phenoxy) is 2. The van der Waals surface area contributed by atoms with Gasteiger partial charge < -0.3 is 9.47 Å². The van der Waals surface area contributed by atoms with Gasteiger partial charge in [-0.1, -0.05) is 36.4 Å². The normalized spacial score (nSPS) is 13.0. The maximum atomic E-state index is 5.57. The SMILES string of the molecule is CN(Cc1ccc2ccccc2n1)Cc1cccc2c1OCO2. The molecule has 2 heterocycles. The van der Waals surface area contributed by atoms with Crippen molar-refractivity contribution >= 4 is 10.9 Å². The van der Waals surface area contributed by atoms with Crippen LogP contribution < -0.4 is 9.47 Å². The lowest BCUT2D eigenvalue weighted by atomic mass is 10.1. The summed E-state index contributed by atoms with van der Waals surface area (Å²) < 4.78 is 11.0. The summed E-state index contributed by atoms with van der Waals surface area (Å²) >= 11 is 0. The number of pyridine rings is 1. The maximum absolute atomic E-state index is 5.57. The third kappa shape index (κ3) is 2.85. The van der Waals surface area contributed by atoms with Gasteiger partial charge in [0.25, 0.3) is 0 Å². The average Bonchev–Trinajstić information content (AvgIpc) is 3.04. The van der Waals surface area contributed by atoms with Crippen LogP contribution in [0.1, 0.15) is 11.3 Å². The molecular weight excluding hydrogens is 288 g/mol. The van der Waals surface area contributed by atoms with Crippen LogP contribution in [0.25, 0.3) is 10.9 Å². The van der Waals surface area contributed by atoms with E-state index in [1.54, 1.807) is 0 Å². The van der Waals surface area contributed by atoms with Gasteiger partial charge in [-0.3, -0.25) is 9.88 Å². The van der Waals surface area contributed by atoms with Crippen LogP contribution in [0.3, 0.4) is 0 Å². The molecule has 0 unspecified atom stereocenters. The minimum Gasteiger partial charge on any atom is -0.454 e. The molecule has 23 heavy (non-hydrogen) atoms. The molecule has 116 valence electrons. The van der Waals surface area contributed by atoms with Gasteiger partial charge in [-0.25, -0.2) is 0 Å². The van der Waals surface area contributed by atoms with E-state index >= 15 is 0 Å². The van der Waals surface area contributed by atoms with Gasteiger partial charge in [-0.2, -0.15) is 0 Å². The highest BCUT2D eigenvalue weighted by Gasteiger charge is 2.18. The molecule has 2 aromatic carbocycles. The lowest BCUT2D eigenvalue weighted by Gasteiger charge is -2.17. The molecule has 1 aliphatic heterocycles. The molecule has 0 radical (unpaired) electrons. The van der Waals surface area contributed by atoms with Gasteiger partial charge in [-0.15, -0.1) is 0 Å². The molecule has 4 heteroatoms. The van der Waals surface area contributed by atoms with E-state index in [0.717, 1.165) is 41.4 Å². The Kier molecular flexibility index (Phi) is 3.60. The summed E-state index contributed by atoms with van der Waals surface area (Å²) in [6, 6.07) is 18.4. The zero-order chi connectivity index (χ0) is 15.6. The molecule has 0 spiro atoms. The Balaban J connectivity index is 1.51. The topological polar surface area (TPSA) is 34.6 Å².